The molecule has 0 N–H and O–H groups in total. The molecule has 0 radical (unpaired) electrons. The zero-order valence-electron chi connectivity index (χ0n) is 14.4. The monoisotopic (exact) mass is 331 g/mol. The zero-order chi connectivity index (χ0) is 16.8. The van der Waals surface area contributed by atoms with Crippen molar-refractivity contribution in [1.82, 2.24) is 24.9 Å². The summed E-state index contributed by atoms with van der Waals surface area (Å²) in [6, 6.07) is 5.97. The number of hydrogen-bond acceptors (Lipinski definition) is 7. The van der Waals surface area contributed by atoms with Gasteiger partial charge in [-0.1, -0.05) is 11.2 Å². The summed E-state index contributed by atoms with van der Waals surface area (Å²) in [6.45, 7) is 3.73. The van der Waals surface area contributed by atoms with E-state index in [0.717, 1.165) is 38.2 Å². The molecule has 2 aromatic heterocycles. The standard InChI is InChI=1S/C17H25N5O2/c1-21(2)12-16-19-17(24-20-16)13-22(11-15-7-5-9-23-15)10-14-6-3-4-8-18-14/h3-4,6,8,15H,5,7,9-13H2,1-2H3/t15-/m1/s1. The molecule has 0 aromatic carbocycles. The van der Waals surface area contributed by atoms with Gasteiger partial charge in [0, 0.05) is 25.9 Å². The Balaban J connectivity index is 1.65. The Labute approximate surface area is 142 Å². The number of pyridine rings is 1. The summed E-state index contributed by atoms with van der Waals surface area (Å²) >= 11 is 0. The molecule has 0 unspecified atom stereocenters. The van der Waals surface area contributed by atoms with Crippen LogP contribution in [0.1, 0.15) is 30.3 Å². The van der Waals surface area contributed by atoms with Crippen LogP contribution >= 0.6 is 0 Å². The Hall–Kier alpha value is -1.83. The first kappa shape index (κ1) is 17.0. The highest BCUT2D eigenvalue weighted by Gasteiger charge is 2.21. The van der Waals surface area contributed by atoms with E-state index in [1.54, 1.807) is 0 Å². The predicted octanol–water partition coefficient (Wildman–Crippen LogP) is 1.71. The lowest BCUT2D eigenvalue weighted by Gasteiger charge is -2.23. The second kappa shape index (κ2) is 8.32. The molecule has 0 amide bonds. The zero-order valence-corrected chi connectivity index (χ0v) is 14.4. The lowest BCUT2D eigenvalue weighted by molar-refractivity contribution is 0.0636. The third kappa shape index (κ3) is 5.09. The molecule has 2 aromatic rings. The molecule has 3 rings (SSSR count). The Morgan fingerprint density at radius 1 is 1.21 bits per heavy atom. The van der Waals surface area contributed by atoms with E-state index in [4.69, 9.17) is 9.26 Å². The highest BCUT2D eigenvalue weighted by atomic mass is 16.5. The molecule has 1 atom stereocenters. The van der Waals surface area contributed by atoms with E-state index >= 15 is 0 Å². The maximum absolute atomic E-state index is 5.78. The summed E-state index contributed by atoms with van der Waals surface area (Å²) in [6.07, 6.45) is 4.34. The van der Waals surface area contributed by atoms with Gasteiger partial charge < -0.3 is 14.2 Å². The van der Waals surface area contributed by atoms with Crippen molar-refractivity contribution in [2.24, 2.45) is 0 Å². The molecule has 1 aliphatic rings. The largest absolute Gasteiger partial charge is 0.377 e. The molecule has 0 aliphatic carbocycles. The van der Waals surface area contributed by atoms with Crippen molar-refractivity contribution in [2.75, 3.05) is 27.2 Å². The lowest BCUT2D eigenvalue weighted by atomic mass is 10.2. The average Bonchev–Trinajstić information content (AvgIpc) is 3.20. The summed E-state index contributed by atoms with van der Waals surface area (Å²) in [7, 11) is 3.97. The van der Waals surface area contributed by atoms with Gasteiger partial charge in [0.2, 0.25) is 5.89 Å². The number of aromatic nitrogens is 3. The highest BCUT2D eigenvalue weighted by molar-refractivity contribution is 5.03. The molecule has 0 bridgehead atoms. The minimum Gasteiger partial charge on any atom is -0.377 e. The summed E-state index contributed by atoms with van der Waals surface area (Å²) < 4.78 is 11.2. The van der Waals surface area contributed by atoms with Crippen LogP contribution in [0.3, 0.4) is 0 Å². The highest BCUT2D eigenvalue weighted by Crippen LogP contribution is 2.16. The van der Waals surface area contributed by atoms with Crippen molar-refractivity contribution in [3.05, 3.63) is 41.8 Å². The number of ether oxygens (including phenoxy) is 1. The van der Waals surface area contributed by atoms with E-state index in [1.165, 1.54) is 0 Å². The van der Waals surface area contributed by atoms with Gasteiger partial charge in [0.25, 0.3) is 0 Å². The third-order valence-corrected chi connectivity index (χ3v) is 3.92. The van der Waals surface area contributed by atoms with Crippen LogP contribution in [0, 0.1) is 0 Å². The minimum absolute atomic E-state index is 0.276. The molecule has 3 heterocycles. The molecule has 1 fully saturated rings. The van der Waals surface area contributed by atoms with E-state index in [0.29, 0.717) is 24.8 Å². The van der Waals surface area contributed by atoms with Crippen molar-refractivity contribution in [2.45, 2.75) is 38.6 Å². The van der Waals surface area contributed by atoms with Gasteiger partial charge in [-0.15, -0.1) is 0 Å². The quantitative estimate of drug-likeness (QED) is 0.729. The van der Waals surface area contributed by atoms with E-state index in [1.807, 2.05) is 43.4 Å². The van der Waals surface area contributed by atoms with Crippen molar-refractivity contribution >= 4 is 0 Å². The lowest BCUT2D eigenvalue weighted by Crippen LogP contribution is -2.31. The van der Waals surface area contributed by atoms with E-state index < -0.39 is 0 Å². The van der Waals surface area contributed by atoms with Crippen molar-refractivity contribution in [3.63, 3.8) is 0 Å². The number of rotatable bonds is 8. The van der Waals surface area contributed by atoms with Crippen LogP contribution in [-0.4, -0.2) is 58.3 Å². The van der Waals surface area contributed by atoms with Crippen molar-refractivity contribution in [1.29, 1.82) is 0 Å². The first-order chi connectivity index (χ1) is 11.7. The van der Waals surface area contributed by atoms with Crippen LogP contribution in [0.2, 0.25) is 0 Å². The molecule has 0 spiro atoms. The van der Waals surface area contributed by atoms with Gasteiger partial charge in [-0.3, -0.25) is 9.88 Å². The molecule has 1 saturated heterocycles. The summed E-state index contributed by atoms with van der Waals surface area (Å²) in [5.41, 5.74) is 1.03. The first-order valence-electron chi connectivity index (χ1n) is 8.39. The van der Waals surface area contributed by atoms with Crippen LogP contribution < -0.4 is 0 Å². The second-order valence-electron chi connectivity index (χ2n) is 6.47. The molecule has 1 aliphatic heterocycles. The van der Waals surface area contributed by atoms with E-state index in [2.05, 4.69) is 20.0 Å². The van der Waals surface area contributed by atoms with E-state index in [-0.39, 0.29) is 6.10 Å². The van der Waals surface area contributed by atoms with Gasteiger partial charge in [-0.05, 0) is 39.1 Å². The first-order valence-corrected chi connectivity index (χ1v) is 8.39. The van der Waals surface area contributed by atoms with E-state index in [9.17, 15) is 0 Å². The number of hydrogen-bond donors (Lipinski definition) is 0. The molecule has 7 nitrogen and oxygen atoms in total. The summed E-state index contributed by atoms with van der Waals surface area (Å²) in [5.74, 6) is 1.35. The maximum Gasteiger partial charge on any atom is 0.240 e. The van der Waals surface area contributed by atoms with Gasteiger partial charge in [0.05, 0.1) is 24.9 Å². The van der Waals surface area contributed by atoms with Crippen LogP contribution in [-0.2, 0) is 24.4 Å². The van der Waals surface area contributed by atoms with Gasteiger partial charge in [-0.2, -0.15) is 4.98 Å². The molecular formula is C17H25N5O2. The molecule has 0 saturated carbocycles. The summed E-state index contributed by atoms with van der Waals surface area (Å²) in [5, 5.41) is 4.05. The Kier molecular flexibility index (Phi) is 5.90. The van der Waals surface area contributed by atoms with Crippen LogP contribution in [0.5, 0.6) is 0 Å². The van der Waals surface area contributed by atoms with Crippen molar-refractivity contribution < 1.29 is 9.26 Å². The van der Waals surface area contributed by atoms with Crippen LogP contribution in [0.4, 0.5) is 0 Å². The van der Waals surface area contributed by atoms with Gasteiger partial charge in [0.15, 0.2) is 5.82 Å². The minimum atomic E-state index is 0.276. The topological polar surface area (TPSA) is 67.5 Å². The second-order valence-corrected chi connectivity index (χ2v) is 6.47. The van der Waals surface area contributed by atoms with Gasteiger partial charge >= 0.3 is 0 Å². The van der Waals surface area contributed by atoms with Gasteiger partial charge in [-0.25, -0.2) is 0 Å². The fourth-order valence-corrected chi connectivity index (χ4v) is 2.87. The normalized spacial score (nSPS) is 17.9. The number of nitrogens with zero attached hydrogens (tertiary/aromatic N) is 5. The van der Waals surface area contributed by atoms with Crippen LogP contribution in [0.15, 0.2) is 28.9 Å². The summed E-state index contributed by atoms with van der Waals surface area (Å²) in [4.78, 5) is 13.2. The predicted molar refractivity (Wildman–Crippen MR) is 89.0 cm³/mol. The smallest absolute Gasteiger partial charge is 0.240 e. The SMILES string of the molecule is CN(C)Cc1noc(CN(Cc2ccccn2)C[C@H]2CCCO2)n1. The Bertz CT molecular complexity index is 610. The maximum atomic E-state index is 5.78. The molecule has 7 heteroatoms. The molecular weight excluding hydrogens is 306 g/mol. The third-order valence-electron chi connectivity index (χ3n) is 3.92. The Morgan fingerprint density at radius 2 is 2.12 bits per heavy atom. The van der Waals surface area contributed by atoms with Crippen molar-refractivity contribution in [3.8, 4) is 0 Å². The average molecular weight is 331 g/mol. The Morgan fingerprint density at radius 3 is 2.83 bits per heavy atom. The van der Waals surface area contributed by atoms with Crippen LogP contribution in [0.25, 0.3) is 0 Å². The molecule has 24 heavy (non-hydrogen) atoms. The van der Waals surface area contributed by atoms with Gasteiger partial charge in [0.1, 0.15) is 0 Å². The molecule has 130 valence electrons. The fourth-order valence-electron chi connectivity index (χ4n) is 2.87. The fraction of sp³-hybridized carbons (Fsp3) is 0.588.